The third-order valence-corrected chi connectivity index (χ3v) is 7.30. The topological polar surface area (TPSA) is 114 Å². The number of amides is 3. The Morgan fingerprint density at radius 3 is 2.63 bits per heavy atom. The molecule has 190 valence electrons. The zero-order valence-electron chi connectivity index (χ0n) is 20.6. The molecule has 2 fully saturated rings. The fourth-order valence-corrected chi connectivity index (χ4v) is 5.37. The Labute approximate surface area is 205 Å². The molecule has 1 atom stereocenters. The number of aryl methyl sites for hydroxylation is 1. The van der Waals surface area contributed by atoms with Crippen molar-refractivity contribution in [2.45, 2.75) is 89.3 Å². The second kappa shape index (κ2) is 11.7. The molecule has 1 unspecified atom stereocenters. The fourth-order valence-electron chi connectivity index (χ4n) is 5.37. The summed E-state index contributed by atoms with van der Waals surface area (Å²) in [5.41, 5.74) is 1.83. The van der Waals surface area contributed by atoms with Gasteiger partial charge in [0, 0.05) is 32.5 Å². The molecule has 0 radical (unpaired) electrons. The maximum Gasteiger partial charge on any atom is 0.329 e. The summed E-state index contributed by atoms with van der Waals surface area (Å²) in [7, 11) is 1.67. The predicted octanol–water partition coefficient (Wildman–Crippen LogP) is 2.42. The minimum Gasteiger partial charge on any atom is -0.352 e. The van der Waals surface area contributed by atoms with E-state index in [2.05, 4.69) is 16.0 Å². The van der Waals surface area contributed by atoms with Crippen LogP contribution in [0.1, 0.15) is 82.2 Å². The summed E-state index contributed by atoms with van der Waals surface area (Å²) in [5.74, 6) is -0.774. The predicted molar refractivity (Wildman–Crippen MR) is 134 cm³/mol. The van der Waals surface area contributed by atoms with Crippen molar-refractivity contribution in [1.29, 1.82) is 0 Å². The molecule has 1 aromatic heterocycles. The first-order chi connectivity index (χ1) is 17.0. The molecule has 1 saturated heterocycles. The molecule has 1 aliphatic heterocycles. The number of carbonyl (C=O) groups is 3. The van der Waals surface area contributed by atoms with Crippen LogP contribution in [0, 0.1) is 0 Å². The lowest BCUT2D eigenvalue weighted by molar-refractivity contribution is -0.135. The van der Waals surface area contributed by atoms with Gasteiger partial charge in [0.2, 0.25) is 17.7 Å². The number of para-hydroxylation sites is 1. The number of imidazole rings is 1. The van der Waals surface area contributed by atoms with Gasteiger partial charge in [-0.2, -0.15) is 0 Å². The van der Waals surface area contributed by atoms with Crippen LogP contribution in [0.3, 0.4) is 0 Å². The molecule has 1 aliphatic carbocycles. The van der Waals surface area contributed by atoms with Crippen molar-refractivity contribution in [3.63, 3.8) is 0 Å². The highest BCUT2D eigenvalue weighted by atomic mass is 16.2. The van der Waals surface area contributed by atoms with Gasteiger partial charge in [0.05, 0.1) is 11.0 Å². The Kier molecular flexibility index (Phi) is 8.38. The van der Waals surface area contributed by atoms with Crippen LogP contribution in [-0.4, -0.2) is 39.4 Å². The largest absolute Gasteiger partial charge is 0.352 e. The summed E-state index contributed by atoms with van der Waals surface area (Å²) >= 11 is 0. The van der Waals surface area contributed by atoms with E-state index in [9.17, 15) is 19.2 Å². The molecule has 0 bridgehead atoms. The molecule has 35 heavy (non-hydrogen) atoms. The van der Waals surface area contributed by atoms with Gasteiger partial charge in [-0.15, -0.1) is 0 Å². The summed E-state index contributed by atoms with van der Waals surface area (Å²) in [5, 5.41) is 8.95. The first-order valence-electron chi connectivity index (χ1n) is 13.0. The third-order valence-electron chi connectivity index (χ3n) is 7.30. The van der Waals surface area contributed by atoms with Gasteiger partial charge < -0.3 is 10.6 Å². The highest BCUT2D eigenvalue weighted by molar-refractivity contribution is 6.00. The van der Waals surface area contributed by atoms with E-state index in [0.29, 0.717) is 36.5 Å². The molecule has 2 aromatic rings. The van der Waals surface area contributed by atoms with E-state index in [-0.39, 0.29) is 23.9 Å². The standard InChI is InChI=1S/C26H37N5O4/c1-30-24-18(17-28-22(32)13-6-3-7-16-27-19-10-4-2-5-11-19)9-8-12-20(24)31(26(30)35)21-14-15-23(33)29-25(21)34/h8-9,12,19,21,27H,2-7,10-11,13-17H2,1H3,(H,28,32)(H,29,33,34). The second-order valence-electron chi connectivity index (χ2n) is 9.84. The van der Waals surface area contributed by atoms with E-state index in [1.807, 2.05) is 12.1 Å². The Bertz CT molecular complexity index is 1130. The lowest BCUT2D eigenvalue weighted by Gasteiger charge is -2.22. The molecule has 3 N–H and O–H groups in total. The van der Waals surface area contributed by atoms with Crippen molar-refractivity contribution in [1.82, 2.24) is 25.1 Å². The maximum absolute atomic E-state index is 13.0. The van der Waals surface area contributed by atoms with Gasteiger partial charge >= 0.3 is 5.69 Å². The number of nitrogens with one attached hydrogen (secondary N) is 3. The number of piperidine rings is 1. The molecule has 4 rings (SSSR count). The van der Waals surface area contributed by atoms with Crippen molar-refractivity contribution >= 4 is 28.8 Å². The number of hydrogen-bond donors (Lipinski definition) is 3. The Morgan fingerprint density at radius 1 is 1.06 bits per heavy atom. The van der Waals surface area contributed by atoms with Gasteiger partial charge in [-0.25, -0.2) is 4.79 Å². The van der Waals surface area contributed by atoms with Crippen LogP contribution in [0.5, 0.6) is 0 Å². The minimum absolute atomic E-state index is 0.00292. The summed E-state index contributed by atoms with van der Waals surface area (Å²) in [6.07, 6.45) is 10.5. The highest BCUT2D eigenvalue weighted by Gasteiger charge is 2.31. The number of rotatable bonds is 10. The summed E-state index contributed by atoms with van der Waals surface area (Å²) in [6, 6.07) is 5.46. The number of benzene rings is 1. The minimum atomic E-state index is -0.721. The molecule has 1 saturated carbocycles. The van der Waals surface area contributed by atoms with Crippen LogP contribution in [-0.2, 0) is 28.0 Å². The smallest absolute Gasteiger partial charge is 0.329 e. The third kappa shape index (κ3) is 6.01. The van der Waals surface area contributed by atoms with Crippen LogP contribution in [0.2, 0.25) is 0 Å². The van der Waals surface area contributed by atoms with E-state index in [0.717, 1.165) is 31.4 Å². The van der Waals surface area contributed by atoms with Crippen molar-refractivity contribution in [3.8, 4) is 0 Å². The monoisotopic (exact) mass is 483 g/mol. The first-order valence-corrected chi connectivity index (χ1v) is 13.0. The maximum atomic E-state index is 13.0. The van der Waals surface area contributed by atoms with Crippen LogP contribution in [0.15, 0.2) is 23.0 Å². The van der Waals surface area contributed by atoms with Crippen molar-refractivity contribution in [3.05, 3.63) is 34.2 Å². The van der Waals surface area contributed by atoms with Crippen molar-refractivity contribution < 1.29 is 14.4 Å². The van der Waals surface area contributed by atoms with Gasteiger partial charge in [-0.1, -0.05) is 37.8 Å². The normalized spacial score (nSPS) is 19.2. The molecule has 2 heterocycles. The Balaban J connectivity index is 1.30. The lowest BCUT2D eigenvalue weighted by atomic mass is 9.95. The van der Waals surface area contributed by atoms with Gasteiger partial charge in [-0.05, 0) is 50.3 Å². The Morgan fingerprint density at radius 2 is 1.86 bits per heavy atom. The van der Waals surface area contributed by atoms with E-state index in [1.54, 1.807) is 13.1 Å². The number of hydrogen-bond acceptors (Lipinski definition) is 5. The molecule has 3 amide bonds. The zero-order valence-corrected chi connectivity index (χ0v) is 20.6. The van der Waals surface area contributed by atoms with Gasteiger partial charge in [0.25, 0.3) is 0 Å². The molecular formula is C26H37N5O4. The average Bonchev–Trinajstić information content (AvgIpc) is 3.11. The highest BCUT2D eigenvalue weighted by Crippen LogP contribution is 2.25. The van der Waals surface area contributed by atoms with Gasteiger partial charge in [0.15, 0.2) is 0 Å². The number of fused-ring (bicyclic) bond motifs is 1. The molecule has 2 aliphatic rings. The first kappa shape index (κ1) is 25.2. The number of carbonyl (C=O) groups excluding carboxylic acids is 3. The Hall–Kier alpha value is -2.94. The quantitative estimate of drug-likeness (QED) is 0.355. The van der Waals surface area contributed by atoms with E-state index < -0.39 is 11.9 Å². The molecule has 1 aromatic carbocycles. The summed E-state index contributed by atoms with van der Waals surface area (Å²) in [4.78, 5) is 49.4. The second-order valence-corrected chi connectivity index (χ2v) is 9.84. The summed E-state index contributed by atoms with van der Waals surface area (Å²) in [6.45, 7) is 1.33. The van der Waals surface area contributed by atoms with E-state index in [4.69, 9.17) is 0 Å². The number of nitrogens with zero attached hydrogens (tertiary/aromatic N) is 2. The van der Waals surface area contributed by atoms with Crippen LogP contribution < -0.4 is 21.6 Å². The molecule has 0 spiro atoms. The van der Waals surface area contributed by atoms with Crippen LogP contribution in [0.4, 0.5) is 0 Å². The molecule has 9 nitrogen and oxygen atoms in total. The SMILES string of the molecule is Cn1c(=O)n(C2CCC(=O)NC2=O)c2cccc(CNC(=O)CCCCCNC3CCCCC3)c21. The van der Waals surface area contributed by atoms with Gasteiger partial charge in [-0.3, -0.25) is 28.8 Å². The van der Waals surface area contributed by atoms with Crippen LogP contribution in [0.25, 0.3) is 11.0 Å². The lowest BCUT2D eigenvalue weighted by Crippen LogP contribution is -2.44. The molecular weight excluding hydrogens is 446 g/mol. The number of unbranched alkanes of at least 4 members (excludes halogenated alkanes) is 2. The average molecular weight is 484 g/mol. The number of imide groups is 1. The van der Waals surface area contributed by atoms with Gasteiger partial charge in [0.1, 0.15) is 6.04 Å². The van der Waals surface area contributed by atoms with E-state index in [1.165, 1.54) is 41.2 Å². The van der Waals surface area contributed by atoms with Crippen molar-refractivity contribution in [2.24, 2.45) is 7.05 Å². The summed E-state index contributed by atoms with van der Waals surface area (Å²) < 4.78 is 2.98. The number of aromatic nitrogens is 2. The van der Waals surface area contributed by atoms with Crippen LogP contribution >= 0.6 is 0 Å². The fraction of sp³-hybridized carbons (Fsp3) is 0.615. The van der Waals surface area contributed by atoms with E-state index >= 15 is 0 Å². The zero-order chi connectivity index (χ0) is 24.8. The van der Waals surface area contributed by atoms with Crippen molar-refractivity contribution in [2.75, 3.05) is 6.54 Å². The molecule has 9 heteroatoms.